The number of nitrogens with zero attached hydrogens (tertiary/aromatic N) is 2. The van der Waals surface area contributed by atoms with Crippen LogP contribution in [0.2, 0.25) is 0 Å². The second-order valence-electron chi connectivity index (χ2n) is 5.01. The van der Waals surface area contributed by atoms with E-state index >= 15 is 0 Å². The van der Waals surface area contributed by atoms with Gasteiger partial charge in [0.25, 0.3) is 0 Å². The van der Waals surface area contributed by atoms with Crippen LogP contribution in [0, 0.1) is 19.3 Å². The Morgan fingerprint density at radius 2 is 1.93 bits per heavy atom. The molecule has 0 radical (unpaired) electrons. The molecule has 1 heterocycles. The van der Waals surface area contributed by atoms with Crippen LogP contribution in [0.25, 0.3) is 0 Å². The smallest absolute Gasteiger partial charge is 0.0628 e. The Morgan fingerprint density at radius 1 is 1.33 bits per heavy atom. The van der Waals surface area contributed by atoms with Gasteiger partial charge in [-0.1, -0.05) is 13.8 Å². The molecular formula is C12H23N3. The summed E-state index contributed by atoms with van der Waals surface area (Å²) >= 11 is 0. The third-order valence-corrected chi connectivity index (χ3v) is 3.04. The summed E-state index contributed by atoms with van der Waals surface area (Å²) in [5.74, 6) is 0. The lowest BCUT2D eigenvalue weighted by molar-refractivity contribution is 0.375. The highest BCUT2D eigenvalue weighted by Gasteiger charge is 2.21. The summed E-state index contributed by atoms with van der Waals surface area (Å²) in [6.07, 6.45) is 1.02. The molecule has 1 rings (SSSR count). The lowest BCUT2D eigenvalue weighted by atomic mass is 9.85. The van der Waals surface area contributed by atoms with Gasteiger partial charge in [-0.15, -0.1) is 0 Å². The first-order valence-corrected chi connectivity index (χ1v) is 5.64. The minimum Gasteiger partial charge on any atom is -0.330 e. The summed E-state index contributed by atoms with van der Waals surface area (Å²) in [5, 5.41) is 4.52. The van der Waals surface area contributed by atoms with Crippen molar-refractivity contribution in [1.29, 1.82) is 0 Å². The second kappa shape index (κ2) is 4.35. The van der Waals surface area contributed by atoms with E-state index < -0.39 is 0 Å². The fraction of sp³-hybridized carbons (Fsp3) is 0.750. The van der Waals surface area contributed by atoms with Gasteiger partial charge < -0.3 is 5.73 Å². The summed E-state index contributed by atoms with van der Waals surface area (Å²) in [7, 11) is 0. The molecule has 0 spiro atoms. The first kappa shape index (κ1) is 12.2. The van der Waals surface area contributed by atoms with E-state index in [0.29, 0.717) is 6.54 Å². The highest BCUT2D eigenvalue weighted by Crippen LogP contribution is 2.24. The second-order valence-corrected chi connectivity index (χ2v) is 5.01. The highest BCUT2D eigenvalue weighted by molar-refractivity contribution is 5.25. The van der Waals surface area contributed by atoms with E-state index in [1.54, 1.807) is 0 Å². The van der Waals surface area contributed by atoms with E-state index in [1.165, 1.54) is 11.3 Å². The topological polar surface area (TPSA) is 43.8 Å². The minimum atomic E-state index is 0.164. The van der Waals surface area contributed by atoms with Crippen LogP contribution < -0.4 is 5.73 Å². The van der Waals surface area contributed by atoms with Crippen LogP contribution in [0.1, 0.15) is 37.7 Å². The van der Waals surface area contributed by atoms with E-state index in [9.17, 15) is 0 Å². The average molecular weight is 209 g/mol. The zero-order chi connectivity index (χ0) is 11.6. The molecule has 0 atom stereocenters. The first-order chi connectivity index (χ1) is 6.91. The molecule has 0 aliphatic carbocycles. The monoisotopic (exact) mass is 209 g/mol. The van der Waals surface area contributed by atoms with Crippen LogP contribution in [0.5, 0.6) is 0 Å². The predicted molar refractivity (Wildman–Crippen MR) is 63.9 cm³/mol. The van der Waals surface area contributed by atoms with Gasteiger partial charge in [-0.05, 0) is 44.7 Å². The fourth-order valence-electron chi connectivity index (χ4n) is 1.85. The Hall–Kier alpha value is -0.830. The summed E-state index contributed by atoms with van der Waals surface area (Å²) in [6.45, 7) is 12.4. The number of nitrogens with two attached hydrogens (primary N) is 1. The molecule has 2 N–H and O–H groups in total. The largest absolute Gasteiger partial charge is 0.330 e. The SMILES string of the molecule is CCn1nc(C)c(CC(C)(C)CN)c1C. The quantitative estimate of drug-likeness (QED) is 0.824. The van der Waals surface area contributed by atoms with Crippen molar-refractivity contribution < 1.29 is 0 Å². The van der Waals surface area contributed by atoms with Gasteiger partial charge in [0.05, 0.1) is 5.69 Å². The van der Waals surface area contributed by atoms with E-state index in [4.69, 9.17) is 5.73 Å². The number of hydrogen-bond acceptors (Lipinski definition) is 2. The molecule has 0 saturated carbocycles. The molecular weight excluding hydrogens is 186 g/mol. The van der Waals surface area contributed by atoms with Crippen molar-refractivity contribution in [3.8, 4) is 0 Å². The molecule has 86 valence electrons. The summed E-state index contributed by atoms with van der Waals surface area (Å²) in [4.78, 5) is 0. The lowest BCUT2D eigenvalue weighted by Crippen LogP contribution is -2.26. The Labute approximate surface area is 92.7 Å². The minimum absolute atomic E-state index is 0.164. The molecule has 1 aromatic rings. The van der Waals surface area contributed by atoms with Crippen molar-refractivity contribution in [2.24, 2.45) is 11.1 Å². The van der Waals surface area contributed by atoms with Crippen LogP contribution in [0.4, 0.5) is 0 Å². The van der Waals surface area contributed by atoms with Crippen LogP contribution in [0.3, 0.4) is 0 Å². The van der Waals surface area contributed by atoms with Gasteiger partial charge in [-0.2, -0.15) is 5.10 Å². The van der Waals surface area contributed by atoms with Crippen LogP contribution >= 0.6 is 0 Å². The molecule has 3 heteroatoms. The normalized spacial score (nSPS) is 12.1. The van der Waals surface area contributed by atoms with Crippen LogP contribution in [-0.4, -0.2) is 16.3 Å². The molecule has 0 unspecified atom stereocenters. The van der Waals surface area contributed by atoms with Crippen molar-refractivity contribution >= 4 is 0 Å². The van der Waals surface area contributed by atoms with Crippen molar-refractivity contribution in [1.82, 2.24) is 9.78 Å². The number of hydrogen-bond donors (Lipinski definition) is 1. The van der Waals surface area contributed by atoms with Crippen molar-refractivity contribution in [2.75, 3.05) is 6.54 Å². The van der Waals surface area contributed by atoms with Gasteiger partial charge >= 0.3 is 0 Å². The number of aromatic nitrogens is 2. The number of aryl methyl sites for hydroxylation is 2. The maximum Gasteiger partial charge on any atom is 0.0628 e. The predicted octanol–water partition coefficient (Wildman–Crippen LogP) is 2.05. The van der Waals surface area contributed by atoms with Crippen molar-refractivity contribution in [2.45, 2.75) is 47.6 Å². The van der Waals surface area contributed by atoms with E-state index in [0.717, 1.165) is 18.7 Å². The van der Waals surface area contributed by atoms with Gasteiger partial charge in [0, 0.05) is 12.2 Å². The first-order valence-electron chi connectivity index (χ1n) is 5.64. The molecule has 0 aliphatic heterocycles. The molecule has 1 aromatic heterocycles. The zero-order valence-corrected chi connectivity index (χ0v) is 10.6. The van der Waals surface area contributed by atoms with Gasteiger partial charge in [0.15, 0.2) is 0 Å². The standard InChI is InChI=1S/C12H23N3/c1-6-15-10(3)11(9(2)14-15)7-12(4,5)8-13/h6-8,13H2,1-5H3. The molecule has 15 heavy (non-hydrogen) atoms. The van der Waals surface area contributed by atoms with E-state index in [-0.39, 0.29) is 5.41 Å². The van der Waals surface area contributed by atoms with E-state index in [2.05, 4.69) is 44.4 Å². The molecule has 0 fully saturated rings. The zero-order valence-electron chi connectivity index (χ0n) is 10.6. The third-order valence-electron chi connectivity index (χ3n) is 3.04. The van der Waals surface area contributed by atoms with Crippen molar-refractivity contribution in [3.05, 3.63) is 17.0 Å². The third kappa shape index (κ3) is 2.59. The molecule has 3 nitrogen and oxygen atoms in total. The summed E-state index contributed by atoms with van der Waals surface area (Å²) in [6, 6.07) is 0. The molecule has 0 saturated heterocycles. The Morgan fingerprint density at radius 3 is 2.33 bits per heavy atom. The van der Waals surface area contributed by atoms with Crippen molar-refractivity contribution in [3.63, 3.8) is 0 Å². The Kier molecular flexibility index (Phi) is 3.55. The lowest BCUT2D eigenvalue weighted by Gasteiger charge is -2.22. The fourth-order valence-corrected chi connectivity index (χ4v) is 1.85. The molecule has 0 aromatic carbocycles. The Bertz CT molecular complexity index is 337. The maximum absolute atomic E-state index is 5.77. The Balaban J connectivity index is 2.99. The van der Waals surface area contributed by atoms with Crippen LogP contribution in [-0.2, 0) is 13.0 Å². The molecule has 0 amide bonds. The van der Waals surface area contributed by atoms with Gasteiger partial charge in [0.1, 0.15) is 0 Å². The summed E-state index contributed by atoms with van der Waals surface area (Å²) in [5.41, 5.74) is 9.74. The highest BCUT2D eigenvalue weighted by atomic mass is 15.3. The summed E-state index contributed by atoms with van der Waals surface area (Å²) < 4.78 is 2.07. The maximum atomic E-state index is 5.77. The van der Waals surface area contributed by atoms with Crippen LogP contribution in [0.15, 0.2) is 0 Å². The van der Waals surface area contributed by atoms with Gasteiger partial charge in [0.2, 0.25) is 0 Å². The van der Waals surface area contributed by atoms with E-state index in [1.807, 2.05) is 0 Å². The molecule has 0 aliphatic rings. The van der Waals surface area contributed by atoms with Gasteiger partial charge in [-0.3, -0.25) is 4.68 Å². The number of rotatable bonds is 4. The van der Waals surface area contributed by atoms with Gasteiger partial charge in [-0.25, -0.2) is 0 Å². The average Bonchev–Trinajstić information content (AvgIpc) is 2.45. The molecule has 0 bridgehead atoms.